The normalized spacial score (nSPS) is 13.1. The van der Waals surface area contributed by atoms with E-state index >= 15 is 0 Å². The van der Waals surface area contributed by atoms with Crippen LogP contribution in [0.15, 0.2) is 49.1 Å². The molecule has 0 aliphatic heterocycles. The van der Waals surface area contributed by atoms with Crippen LogP contribution in [0.1, 0.15) is 37.0 Å². The molecule has 1 N–H and O–H groups in total. The monoisotopic (exact) mass is 544 g/mol. The zero-order chi connectivity index (χ0) is 26.6. The molecule has 2 unspecified atom stereocenters. The van der Waals surface area contributed by atoms with E-state index in [-0.39, 0.29) is 23.4 Å². The number of hydrogen-bond acceptors (Lipinski definition) is 10. The van der Waals surface area contributed by atoms with Crippen LogP contribution in [-0.2, 0) is 16.4 Å². The summed E-state index contributed by atoms with van der Waals surface area (Å²) >= 11 is 5.87. The van der Waals surface area contributed by atoms with Crippen molar-refractivity contribution in [2.75, 3.05) is 18.9 Å². The van der Waals surface area contributed by atoms with Crippen LogP contribution < -0.4 is 14.2 Å². The maximum Gasteiger partial charge on any atom is 0.245 e. The molecule has 194 valence electrons. The number of benzene rings is 1. The van der Waals surface area contributed by atoms with Gasteiger partial charge in [0.15, 0.2) is 5.69 Å². The van der Waals surface area contributed by atoms with Crippen molar-refractivity contribution < 1.29 is 17.9 Å². The minimum atomic E-state index is -4.01. The highest BCUT2D eigenvalue weighted by Crippen LogP contribution is 2.33. The van der Waals surface area contributed by atoms with Gasteiger partial charge in [0, 0.05) is 24.7 Å². The second-order valence-corrected chi connectivity index (χ2v) is 10.6. The second kappa shape index (κ2) is 11.0. The molecule has 4 rings (SSSR count). The van der Waals surface area contributed by atoms with Crippen LogP contribution in [0.3, 0.4) is 0 Å². The predicted octanol–water partition coefficient (Wildman–Crippen LogP) is 3.04. The molecule has 0 fully saturated rings. The zero-order valence-corrected chi connectivity index (χ0v) is 22.1. The first-order chi connectivity index (χ1) is 17.7. The van der Waals surface area contributed by atoms with E-state index in [4.69, 9.17) is 21.1 Å². The lowest BCUT2D eigenvalue weighted by atomic mass is 10.1. The summed E-state index contributed by atoms with van der Waals surface area (Å²) in [5.74, 6) is 0.424. The minimum Gasteiger partial charge on any atom is -0.479 e. The average molecular weight is 545 g/mol. The van der Waals surface area contributed by atoms with Crippen molar-refractivity contribution in [2.45, 2.75) is 31.4 Å². The van der Waals surface area contributed by atoms with Crippen LogP contribution >= 0.6 is 11.6 Å². The van der Waals surface area contributed by atoms with E-state index in [1.54, 1.807) is 13.8 Å². The molecule has 0 saturated heterocycles. The Kier molecular flexibility index (Phi) is 7.83. The number of rotatable bonds is 10. The van der Waals surface area contributed by atoms with E-state index in [1.807, 2.05) is 30.3 Å². The fourth-order valence-corrected chi connectivity index (χ4v) is 4.93. The van der Waals surface area contributed by atoms with E-state index in [1.165, 1.54) is 37.5 Å². The molecule has 0 amide bonds. The van der Waals surface area contributed by atoms with Gasteiger partial charge in [-0.1, -0.05) is 48.9 Å². The number of halogens is 1. The highest BCUT2D eigenvalue weighted by atomic mass is 35.5. The largest absolute Gasteiger partial charge is 0.479 e. The molecule has 0 aliphatic carbocycles. The fourth-order valence-electron chi connectivity index (χ4n) is 3.60. The zero-order valence-electron chi connectivity index (χ0n) is 20.5. The number of sulfonamides is 1. The number of hydrogen-bond donors (Lipinski definition) is 1. The summed E-state index contributed by atoms with van der Waals surface area (Å²) < 4.78 is 41.9. The third-order valence-corrected chi connectivity index (χ3v) is 7.82. The smallest absolute Gasteiger partial charge is 0.245 e. The molecular formula is C23H25ClN8O4S. The van der Waals surface area contributed by atoms with E-state index in [2.05, 4.69) is 34.9 Å². The molecule has 14 heteroatoms. The molecule has 12 nitrogen and oxygen atoms in total. The van der Waals surface area contributed by atoms with E-state index in [9.17, 15) is 8.42 Å². The molecule has 0 saturated carbocycles. The Morgan fingerprint density at radius 3 is 2.19 bits per heavy atom. The van der Waals surface area contributed by atoms with Gasteiger partial charge in [0.25, 0.3) is 0 Å². The minimum absolute atomic E-state index is 0.0756. The molecule has 1 aromatic carbocycles. The van der Waals surface area contributed by atoms with Crippen molar-refractivity contribution in [1.29, 1.82) is 0 Å². The highest BCUT2D eigenvalue weighted by Gasteiger charge is 2.32. The lowest BCUT2D eigenvalue weighted by Gasteiger charge is -2.21. The van der Waals surface area contributed by atoms with Crippen molar-refractivity contribution >= 4 is 27.6 Å². The summed E-state index contributed by atoms with van der Waals surface area (Å²) in [7, 11) is -1.14. The SMILES string of the molecule is COc1ncnc(OC)c1-n1c(Cc2ccccc2)nnc1NS(=O)(=O)C(C)C(C)c1ncc(Cl)cn1. The first-order valence-corrected chi connectivity index (χ1v) is 13.1. The van der Waals surface area contributed by atoms with Crippen LogP contribution in [0, 0.1) is 0 Å². The Morgan fingerprint density at radius 2 is 1.59 bits per heavy atom. The summed E-state index contributed by atoms with van der Waals surface area (Å²) in [6.07, 6.45) is 4.46. The van der Waals surface area contributed by atoms with Crippen molar-refractivity contribution in [3.63, 3.8) is 0 Å². The van der Waals surface area contributed by atoms with Gasteiger partial charge < -0.3 is 9.47 Å². The topological polar surface area (TPSA) is 147 Å². The quantitative estimate of drug-likeness (QED) is 0.316. The van der Waals surface area contributed by atoms with Crippen molar-refractivity contribution in [3.8, 4) is 17.4 Å². The Morgan fingerprint density at radius 1 is 0.973 bits per heavy atom. The standard InChI is InChI=1S/C23H25ClN8O4S/c1-14(20-25-11-17(24)12-26-20)15(2)37(33,34)31-23-30-29-18(10-16-8-6-5-7-9-16)32(23)19-21(35-3)27-13-28-22(19)36-4/h5-9,11-15H,10H2,1-4H3,(H,30,31). The van der Waals surface area contributed by atoms with Crippen LogP contribution in [-0.4, -0.2) is 62.6 Å². The molecule has 4 aromatic rings. The summed E-state index contributed by atoms with van der Waals surface area (Å²) in [5, 5.41) is 7.85. The van der Waals surface area contributed by atoms with Crippen LogP contribution in [0.2, 0.25) is 5.02 Å². The van der Waals surface area contributed by atoms with Gasteiger partial charge in [0.05, 0.1) is 24.5 Å². The molecular weight excluding hydrogens is 520 g/mol. The van der Waals surface area contributed by atoms with E-state index < -0.39 is 21.2 Å². The number of nitrogens with one attached hydrogen (secondary N) is 1. The molecule has 0 radical (unpaired) electrons. The Hall–Kier alpha value is -3.84. The van der Waals surface area contributed by atoms with Gasteiger partial charge in [0.1, 0.15) is 18.0 Å². The number of nitrogens with zero attached hydrogens (tertiary/aromatic N) is 7. The number of aromatic nitrogens is 7. The summed E-state index contributed by atoms with van der Waals surface area (Å²) in [6, 6.07) is 9.55. The molecule has 3 heterocycles. The third-order valence-electron chi connectivity index (χ3n) is 5.78. The predicted molar refractivity (Wildman–Crippen MR) is 137 cm³/mol. The fraction of sp³-hybridized carbons (Fsp3) is 0.304. The summed E-state index contributed by atoms with van der Waals surface area (Å²) in [6.45, 7) is 3.28. The van der Waals surface area contributed by atoms with Gasteiger partial charge in [0.2, 0.25) is 27.7 Å². The maximum atomic E-state index is 13.5. The Bertz CT molecular complexity index is 1440. The van der Waals surface area contributed by atoms with Crippen molar-refractivity contribution in [3.05, 3.63) is 71.3 Å². The summed E-state index contributed by atoms with van der Waals surface area (Å²) in [5.41, 5.74) is 1.19. The van der Waals surface area contributed by atoms with Crippen LogP contribution in [0.4, 0.5) is 5.95 Å². The molecule has 0 bridgehead atoms. The van der Waals surface area contributed by atoms with E-state index in [0.717, 1.165) is 5.56 Å². The lowest BCUT2D eigenvalue weighted by Crippen LogP contribution is -2.31. The van der Waals surface area contributed by atoms with Gasteiger partial charge in [-0.15, -0.1) is 10.2 Å². The number of anilines is 1. The summed E-state index contributed by atoms with van der Waals surface area (Å²) in [4.78, 5) is 16.7. The molecule has 0 aliphatic rings. The second-order valence-electron chi connectivity index (χ2n) is 8.08. The maximum absolute atomic E-state index is 13.5. The van der Waals surface area contributed by atoms with Gasteiger partial charge >= 0.3 is 0 Å². The first-order valence-electron chi connectivity index (χ1n) is 11.2. The third kappa shape index (κ3) is 5.62. The van der Waals surface area contributed by atoms with Gasteiger partial charge in [-0.3, -0.25) is 9.29 Å². The molecule has 3 aromatic heterocycles. The van der Waals surface area contributed by atoms with Crippen molar-refractivity contribution in [1.82, 2.24) is 34.7 Å². The van der Waals surface area contributed by atoms with Gasteiger partial charge in [-0.2, -0.15) is 9.97 Å². The Labute approximate surface area is 219 Å². The number of ether oxygens (including phenoxy) is 2. The van der Waals surface area contributed by atoms with Gasteiger partial charge in [-0.25, -0.2) is 18.4 Å². The highest BCUT2D eigenvalue weighted by molar-refractivity contribution is 7.93. The number of methoxy groups -OCH3 is 2. The first kappa shape index (κ1) is 26.2. The molecule has 2 atom stereocenters. The van der Waals surface area contributed by atoms with Crippen molar-refractivity contribution in [2.24, 2.45) is 0 Å². The molecule has 0 spiro atoms. The van der Waals surface area contributed by atoms with Gasteiger partial charge in [-0.05, 0) is 12.5 Å². The van der Waals surface area contributed by atoms with Crippen LogP contribution in [0.25, 0.3) is 5.69 Å². The Balaban J connectivity index is 1.77. The lowest BCUT2D eigenvalue weighted by molar-refractivity contribution is 0.368. The molecule has 37 heavy (non-hydrogen) atoms. The van der Waals surface area contributed by atoms with E-state index in [0.29, 0.717) is 23.1 Å². The average Bonchev–Trinajstić information content (AvgIpc) is 3.28. The van der Waals surface area contributed by atoms with Crippen LogP contribution in [0.5, 0.6) is 11.8 Å².